The SMILES string of the molecule is O=S(=O)(c1cccnc1)N(Cc1ccccc1)C(C1=COCO1)c1ccccc1. The second-order valence-electron chi connectivity index (χ2n) is 6.49. The first kappa shape index (κ1) is 19.2. The van der Waals surface area contributed by atoms with Gasteiger partial charge in [0, 0.05) is 18.9 Å². The van der Waals surface area contributed by atoms with E-state index in [4.69, 9.17) is 9.47 Å². The Morgan fingerprint density at radius 2 is 1.69 bits per heavy atom. The number of hydrogen-bond acceptors (Lipinski definition) is 5. The molecule has 1 aromatic heterocycles. The average molecular weight is 408 g/mol. The highest BCUT2D eigenvalue weighted by Gasteiger charge is 2.37. The maximum atomic E-state index is 13.7. The summed E-state index contributed by atoms with van der Waals surface area (Å²) in [6.45, 7) is 0.225. The second kappa shape index (κ2) is 8.46. The Morgan fingerprint density at radius 1 is 0.966 bits per heavy atom. The number of sulfonamides is 1. The summed E-state index contributed by atoms with van der Waals surface area (Å²) in [6, 6.07) is 21.3. The maximum Gasteiger partial charge on any atom is 0.245 e. The molecular formula is C22H20N2O4S. The van der Waals surface area contributed by atoms with E-state index < -0.39 is 16.1 Å². The molecule has 1 unspecified atom stereocenters. The van der Waals surface area contributed by atoms with Crippen molar-refractivity contribution in [2.45, 2.75) is 17.5 Å². The van der Waals surface area contributed by atoms with Crippen molar-refractivity contribution >= 4 is 10.0 Å². The predicted octanol–water partition coefficient (Wildman–Crippen LogP) is 3.86. The number of ether oxygens (including phenoxy) is 2. The van der Waals surface area contributed by atoms with E-state index in [2.05, 4.69) is 4.98 Å². The molecule has 0 N–H and O–H groups in total. The van der Waals surface area contributed by atoms with Gasteiger partial charge in [-0.25, -0.2) is 8.42 Å². The van der Waals surface area contributed by atoms with Gasteiger partial charge in [-0.3, -0.25) is 4.98 Å². The molecule has 0 amide bonds. The van der Waals surface area contributed by atoms with Gasteiger partial charge in [0.2, 0.25) is 16.8 Å². The van der Waals surface area contributed by atoms with Gasteiger partial charge >= 0.3 is 0 Å². The van der Waals surface area contributed by atoms with Gasteiger partial charge in [0.25, 0.3) is 0 Å². The van der Waals surface area contributed by atoms with Crippen LogP contribution in [0.4, 0.5) is 0 Å². The number of hydrogen-bond donors (Lipinski definition) is 0. The van der Waals surface area contributed by atoms with Gasteiger partial charge in [0.1, 0.15) is 17.2 Å². The zero-order valence-electron chi connectivity index (χ0n) is 15.6. The standard InChI is InChI=1S/C22H20N2O4S/c25-29(26,20-12-7-13-23-14-20)24(15-18-8-3-1-4-9-18)22(21-16-27-17-28-21)19-10-5-2-6-11-19/h1-14,16,22H,15,17H2. The third-order valence-electron chi connectivity index (χ3n) is 4.59. The first-order chi connectivity index (χ1) is 14.2. The van der Waals surface area contributed by atoms with E-state index in [0.29, 0.717) is 5.76 Å². The van der Waals surface area contributed by atoms with Crippen LogP contribution in [0.15, 0.2) is 102 Å². The van der Waals surface area contributed by atoms with E-state index >= 15 is 0 Å². The summed E-state index contributed by atoms with van der Waals surface area (Å²) in [6.07, 6.45) is 4.38. The monoisotopic (exact) mass is 408 g/mol. The zero-order chi connectivity index (χ0) is 20.1. The molecule has 0 radical (unpaired) electrons. The first-order valence-corrected chi connectivity index (χ1v) is 10.6. The van der Waals surface area contributed by atoms with Crippen molar-refractivity contribution in [1.29, 1.82) is 0 Å². The maximum absolute atomic E-state index is 13.7. The van der Waals surface area contributed by atoms with E-state index in [9.17, 15) is 8.42 Å². The fourth-order valence-corrected chi connectivity index (χ4v) is 4.75. The topological polar surface area (TPSA) is 68.7 Å². The fraction of sp³-hybridized carbons (Fsp3) is 0.136. The minimum Gasteiger partial charge on any atom is -0.462 e. The highest BCUT2D eigenvalue weighted by molar-refractivity contribution is 7.89. The zero-order valence-corrected chi connectivity index (χ0v) is 16.4. The molecule has 1 aliphatic rings. The molecule has 148 valence electrons. The lowest BCUT2D eigenvalue weighted by molar-refractivity contribution is 0.0674. The Morgan fingerprint density at radius 3 is 2.31 bits per heavy atom. The normalized spacial score (nSPS) is 14.7. The molecule has 0 bridgehead atoms. The van der Waals surface area contributed by atoms with Crippen molar-refractivity contribution < 1.29 is 17.9 Å². The molecule has 0 fully saturated rings. The quantitative estimate of drug-likeness (QED) is 0.594. The Bertz CT molecular complexity index is 1070. The first-order valence-electron chi connectivity index (χ1n) is 9.11. The minimum absolute atomic E-state index is 0.0603. The lowest BCUT2D eigenvalue weighted by Crippen LogP contribution is -2.35. The van der Waals surface area contributed by atoms with Crippen molar-refractivity contribution in [2.24, 2.45) is 0 Å². The number of nitrogens with zero attached hydrogens (tertiary/aromatic N) is 2. The molecule has 1 atom stereocenters. The van der Waals surface area contributed by atoms with E-state index in [1.54, 1.807) is 18.3 Å². The van der Waals surface area contributed by atoms with Gasteiger partial charge in [-0.05, 0) is 23.3 Å². The van der Waals surface area contributed by atoms with E-state index in [1.165, 1.54) is 16.8 Å². The lowest BCUT2D eigenvalue weighted by Gasteiger charge is -2.31. The van der Waals surface area contributed by atoms with Crippen LogP contribution in [0.25, 0.3) is 0 Å². The van der Waals surface area contributed by atoms with Crippen molar-refractivity contribution in [1.82, 2.24) is 9.29 Å². The highest BCUT2D eigenvalue weighted by atomic mass is 32.2. The Labute approximate surface area is 170 Å². The summed E-state index contributed by atoms with van der Waals surface area (Å²) in [5.41, 5.74) is 1.65. The summed E-state index contributed by atoms with van der Waals surface area (Å²) in [7, 11) is -3.89. The molecule has 6 nitrogen and oxygen atoms in total. The summed E-state index contributed by atoms with van der Waals surface area (Å²) < 4.78 is 39.7. The summed E-state index contributed by atoms with van der Waals surface area (Å²) in [4.78, 5) is 4.12. The van der Waals surface area contributed by atoms with Crippen LogP contribution in [0, 0.1) is 0 Å². The van der Waals surface area contributed by atoms with E-state index in [1.807, 2.05) is 60.7 Å². The smallest absolute Gasteiger partial charge is 0.245 e. The molecule has 3 aromatic rings. The van der Waals surface area contributed by atoms with Gasteiger partial charge in [0.15, 0.2) is 5.76 Å². The Kier molecular flexibility index (Phi) is 5.59. The van der Waals surface area contributed by atoms with Crippen LogP contribution < -0.4 is 0 Å². The van der Waals surface area contributed by atoms with Gasteiger partial charge in [-0.1, -0.05) is 60.7 Å². The molecule has 29 heavy (non-hydrogen) atoms. The predicted molar refractivity (Wildman–Crippen MR) is 108 cm³/mol. The van der Waals surface area contributed by atoms with E-state index in [0.717, 1.165) is 11.1 Å². The molecule has 2 heterocycles. The van der Waals surface area contributed by atoms with Gasteiger partial charge < -0.3 is 9.47 Å². The largest absolute Gasteiger partial charge is 0.462 e. The molecule has 7 heteroatoms. The van der Waals surface area contributed by atoms with Crippen LogP contribution in [-0.4, -0.2) is 24.5 Å². The molecule has 0 spiro atoms. The molecular weight excluding hydrogens is 388 g/mol. The van der Waals surface area contributed by atoms with Crippen LogP contribution >= 0.6 is 0 Å². The molecule has 2 aromatic carbocycles. The van der Waals surface area contributed by atoms with Crippen LogP contribution in [-0.2, 0) is 26.0 Å². The van der Waals surface area contributed by atoms with Crippen LogP contribution in [0.2, 0.25) is 0 Å². The number of rotatable bonds is 7. The third kappa shape index (κ3) is 4.16. The summed E-state index contributed by atoms with van der Waals surface area (Å²) in [5, 5.41) is 0. The van der Waals surface area contributed by atoms with Crippen LogP contribution in [0.1, 0.15) is 17.2 Å². The van der Waals surface area contributed by atoms with Crippen molar-refractivity contribution in [2.75, 3.05) is 6.79 Å². The highest BCUT2D eigenvalue weighted by Crippen LogP contribution is 2.36. The third-order valence-corrected chi connectivity index (χ3v) is 6.38. The molecule has 4 rings (SSSR count). The molecule has 0 saturated carbocycles. The van der Waals surface area contributed by atoms with Crippen LogP contribution in [0.5, 0.6) is 0 Å². The second-order valence-corrected chi connectivity index (χ2v) is 8.38. The Balaban J connectivity index is 1.85. The summed E-state index contributed by atoms with van der Waals surface area (Å²) in [5.74, 6) is 0.444. The fourth-order valence-electron chi connectivity index (χ4n) is 3.22. The summed E-state index contributed by atoms with van der Waals surface area (Å²) >= 11 is 0. The van der Waals surface area contributed by atoms with Crippen molar-refractivity contribution in [3.63, 3.8) is 0 Å². The lowest BCUT2D eigenvalue weighted by atomic mass is 10.0. The van der Waals surface area contributed by atoms with Gasteiger partial charge in [-0.2, -0.15) is 4.31 Å². The van der Waals surface area contributed by atoms with Crippen molar-refractivity contribution in [3.05, 3.63) is 108 Å². The molecule has 0 saturated heterocycles. The average Bonchev–Trinajstić information content (AvgIpc) is 3.30. The Hall–Kier alpha value is -3.16. The molecule has 1 aliphatic heterocycles. The molecule has 0 aliphatic carbocycles. The van der Waals surface area contributed by atoms with E-state index in [-0.39, 0.29) is 18.2 Å². The van der Waals surface area contributed by atoms with Gasteiger partial charge in [-0.15, -0.1) is 0 Å². The van der Waals surface area contributed by atoms with Gasteiger partial charge in [0.05, 0.1) is 0 Å². The minimum atomic E-state index is -3.89. The number of benzene rings is 2. The van der Waals surface area contributed by atoms with Crippen LogP contribution in [0.3, 0.4) is 0 Å². The number of pyridine rings is 1. The number of aromatic nitrogens is 1. The van der Waals surface area contributed by atoms with Crippen molar-refractivity contribution in [3.8, 4) is 0 Å².